The van der Waals surface area contributed by atoms with Crippen LogP contribution in [0, 0.1) is 21.4 Å². The molecule has 0 saturated heterocycles. The van der Waals surface area contributed by atoms with Gasteiger partial charge in [-0.25, -0.2) is 0 Å². The number of rotatable bonds is 4. The molecule has 2 rings (SSSR count). The summed E-state index contributed by atoms with van der Waals surface area (Å²) in [6.07, 6.45) is 0. The molecule has 0 N–H and O–H groups in total. The number of nitro benzene ring substituents is 1. The molecule has 0 saturated carbocycles. The third kappa shape index (κ3) is 2.64. The van der Waals surface area contributed by atoms with Crippen molar-refractivity contribution < 1.29 is 9.66 Å². The highest BCUT2D eigenvalue weighted by molar-refractivity contribution is 7.07. The molecule has 0 atom stereocenters. The smallest absolute Gasteiger partial charge is 0.312 e. The van der Waals surface area contributed by atoms with Crippen LogP contribution in [0.1, 0.15) is 11.1 Å². The van der Waals surface area contributed by atoms with Gasteiger partial charge in [0, 0.05) is 6.07 Å². The zero-order valence-corrected chi connectivity index (χ0v) is 10.0. The highest BCUT2D eigenvalue weighted by atomic mass is 32.1. The Hall–Kier alpha value is -2.39. The third-order valence-electron chi connectivity index (χ3n) is 2.26. The van der Waals surface area contributed by atoms with E-state index in [0.29, 0.717) is 0 Å². The Bertz CT molecular complexity index is 602. The van der Waals surface area contributed by atoms with Gasteiger partial charge < -0.3 is 4.74 Å². The van der Waals surface area contributed by atoms with Crippen molar-refractivity contribution in [1.29, 1.82) is 5.26 Å². The van der Waals surface area contributed by atoms with E-state index >= 15 is 0 Å². The van der Waals surface area contributed by atoms with Crippen molar-refractivity contribution in [3.8, 4) is 11.8 Å². The largest absolute Gasteiger partial charge is 0.482 e. The van der Waals surface area contributed by atoms with Crippen molar-refractivity contribution in [2.45, 2.75) is 6.61 Å². The first-order valence-electron chi connectivity index (χ1n) is 5.03. The van der Waals surface area contributed by atoms with Crippen molar-refractivity contribution in [1.82, 2.24) is 0 Å². The lowest BCUT2D eigenvalue weighted by Gasteiger charge is -2.05. The molecular formula is C12H8N2O3S. The van der Waals surface area contributed by atoms with Gasteiger partial charge in [0.15, 0.2) is 5.75 Å². The van der Waals surface area contributed by atoms with Crippen molar-refractivity contribution >= 4 is 17.0 Å². The molecule has 0 spiro atoms. The van der Waals surface area contributed by atoms with E-state index in [4.69, 9.17) is 10.00 Å². The van der Waals surface area contributed by atoms with E-state index in [9.17, 15) is 10.1 Å². The quantitative estimate of drug-likeness (QED) is 0.625. The van der Waals surface area contributed by atoms with Crippen LogP contribution in [-0.4, -0.2) is 4.92 Å². The number of benzene rings is 1. The maximum atomic E-state index is 10.9. The minimum absolute atomic E-state index is 0.171. The van der Waals surface area contributed by atoms with Gasteiger partial charge in [-0.2, -0.15) is 16.6 Å². The molecule has 6 heteroatoms. The summed E-state index contributed by atoms with van der Waals surface area (Å²) in [5, 5.41) is 23.4. The van der Waals surface area contributed by atoms with Crippen molar-refractivity contribution in [3.05, 3.63) is 56.3 Å². The fraction of sp³-hybridized carbons (Fsp3) is 0.0833. The monoisotopic (exact) mass is 260 g/mol. The van der Waals surface area contributed by atoms with Crippen LogP contribution < -0.4 is 4.74 Å². The van der Waals surface area contributed by atoms with Crippen LogP contribution in [0.15, 0.2) is 35.0 Å². The van der Waals surface area contributed by atoms with Crippen LogP contribution >= 0.6 is 11.3 Å². The lowest BCUT2D eigenvalue weighted by atomic mass is 10.2. The zero-order valence-electron chi connectivity index (χ0n) is 9.20. The van der Waals surface area contributed by atoms with Crippen molar-refractivity contribution in [3.63, 3.8) is 0 Å². The molecule has 0 aliphatic heterocycles. The molecule has 5 nitrogen and oxygen atoms in total. The first kappa shape index (κ1) is 12.1. The van der Waals surface area contributed by atoms with Gasteiger partial charge in [0.25, 0.3) is 0 Å². The van der Waals surface area contributed by atoms with Gasteiger partial charge in [-0.3, -0.25) is 10.1 Å². The van der Waals surface area contributed by atoms with Crippen LogP contribution in [0.5, 0.6) is 5.75 Å². The summed E-state index contributed by atoms with van der Waals surface area (Å²) in [5.74, 6) is 0.171. The lowest BCUT2D eigenvalue weighted by molar-refractivity contribution is -0.386. The van der Waals surface area contributed by atoms with Gasteiger partial charge >= 0.3 is 5.69 Å². The average molecular weight is 260 g/mol. The second kappa shape index (κ2) is 5.29. The van der Waals surface area contributed by atoms with Crippen LogP contribution in [0.3, 0.4) is 0 Å². The van der Waals surface area contributed by atoms with Gasteiger partial charge in [-0.1, -0.05) is 0 Å². The number of ether oxygens (including phenoxy) is 1. The summed E-state index contributed by atoms with van der Waals surface area (Å²) in [6.45, 7) is 0.274. The van der Waals surface area contributed by atoms with Gasteiger partial charge in [-0.05, 0) is 34.5 Å². The predicted molar refractivity (Wildman–Crippen MR) is 66.5 cm³/mol. The summed E-state index contributed by atoms with van der Waals surface area (Å²) in [7, 11) is 0. The SMILES string of the molecule is N#Cc1ccc(OCc2ccsc2)c([N+](=O)[O-])c1. The minimum atomic E-state index is -0.552. The van der Waals surface area contributed by atoms with E-state index in [2.05, 4.69) is 0 Å². The maximum absolute atomic E-state index is 10.9. The van der Waals surface area contributed by atoms with Crippen LogP contribution in [0.2, 0.25) is 0 Å². The number of thiophene rings is 1. The molecular weight excluding hydrogens is 252 g/mol. The predicted octanol–water partition coefficient (Wildman–Crippen LogP) is 3.11. The third-order valence-corrected chi connectivity index (χ3v) is 2.99. The zero-order chi connectivity index (χ0) is 13.0. The Kier molecular flexibility index (Phi) is 3.55. The first-order valence-corrected chi connectivity index (χ1v) is 5.97. The fourth-order valence-corrected chi connectivity index (χ4v) is 2.04. The van der Waals surface area contributed by atoms with E-state index in [1.165, 1.54) is 29.5 Å². The number of hydrogen-bond donors (Lipinski definition) is 0. The Morgan fingerprint density at radius 2 is 2.28 bits per heavy atom. The topological polar surface area (TPSA) is 76.2 Å². The second-order valence-corrected chi connectivity index (χ2v) is 4.25. The lowest BCUT2D eigenvalue weighted by Crippen LogP contribution is -1.98. The standard InChI is InChI=1S/C12H8N2O3S/c13-6-9-1-2-12(11(5-9)14(15)16)17-7-10-3-4-18-8-10/h1-5,8H,7H2. The van der Waals surface area contributed by atoms with E-state index in [1.807, 2.05) is 22.9 Å². The highest BCUT2D eigenvalue weighted by Crippen LogP contribution is 2.28. The van der Waals surface area contributed by atoms with Gasteiger partial charge in [0.1, 0.15) is 6.61 Å². The first-order chi connectivity index (χ1) is 8.70. The molecule has 0 fully saturated rings. The van der Waals surface area contributed by atoms with E-state index < -0.39 is 4.92 Å². The Morgan fingerprint density at radius 1 is 1.44 bits per heavy atom. The van der Waals surface area contributed by atoms with E-state index in [-0.39, 0.29) is 23.6 Å². The molecule has 1 aromatic heterocycles. The Balaban J connectivity index is 2.22. The number of nitrogens with zero attached hydrogens (tertiary/aromatic N) is 2. The minimum Gasteiger partial charge on any atom is -0.482 e. The maximum Gasteiger partial charge on any atom is 0.312 e. The second-order valence-electron chi connectivity index (χ2n) is 3.47. The van der Waals surface area contributed by atoms with Crippen molar-refractivity contribution in [2.75, 3.05) is 0 Å². The summed E-state index contributed by atoms with van der Waals surface area (Å²) in [6, 6.07) is 7.90. The molecule has 90 valence electrons. The normalized spacial score (nSPS) is 9.72. The average Bonchev–Trinajstić information content (AvgIpc) is 2.89. The van der Waals surface area contributed by atoms with Gasteiger partial charge in [0.05, 0.1) is 16.6 Å². The summed E-state index contributed by atoms with van der Waals surface area (Å²) in [5.41, 5.74) is 1.01. The van der Waals surface area contributed by atoms with Crippen molar-refractivity contribution in [2.24, 2.45) is 0 Å². The number of hydrogen-bond acceptors (Lipinski definition) is 5. The Labute approximate surface area is 107 Å². The molecule has 18 heavy (non-hydrogen) atoms. The molecule has 0 aliphatic rings. The molecule has 0 unspecified atom stereocenters. The number of nitriles is 1. The summed E-state index contributed by atoms with van der Waals surface area (Å²) in [4.78, 5) is 10.3. The number of nitro groups is 1. The highest BCUT2D eigenvalue weighted by Gasteiger charge is 2.16. The fourth-order valence-electron chi connectivity index (χ4n) is 1.39. The van der Waals surface area contributed by atoms with Gasteiger partial charge in [0.2, 0.25) is 0 Å². The molecule has 0 bridgehead atoms. The van der Waals surface area contributed by atoms with E-state index in [1.54, 1.807) is 0 Å². The Morgan fingerprint density at radius 3 is 2.89 bits per heavy atom. The molecule has 0 aliphatic carbocycles. The van der Waals surface area contributed by atoms with Gasteiger partial charge in [-0.15, -0.1) is 0 Å². The molecule has 0 radical (unpaired) electrons. The van der Waals surface area contributed by atoms with Crippen LogP contribution in [0.4, 0.5) is 5.69 Å². The van der Waals surface area contributed by atoms with Crippen LogP contribution in [0.25, 0.3) is 0 Å². The summed E-state index contributed by atoms with van der Waals surface area (Å²) >= 11 is 1.53. The molecule has 2 aromatic rings. The van der Waals surface area contributed by atoms with E-state index in [0.717, 1.165) is 5.56 Å². The summed E-state index contributed by atoms with van der Waals surface area (Å²) < 4.78 is 5.40. The molecule has 1 heterocycles. The molecule has 1 aromatic carbocycles. The molecule has 0 amide bonds. The van der Waals surface area contributed by atoms with Crippen LogP contribution in [-0.2, 0) is 6.61 Å².